The average molecular weight is 312 g/mol. The van der Waals surface area contributed by atoms with Crippen LogP contribution in [0.5, 0.6) is 5.75 Å². The Kier molecular flexibility index (Phi) is 3.59. The van der Waals surface area contributed by atoms with Crippen LogP contribution in [-0.2, 0) is 6.54 Å². The Hall–Kier alpha value is -3.13. The van der Waals surface area contributed by atoms with E-state index in [2.05, 4.69) is 10.2 Å². The minimum Gasteiger partial charge on any atom is -0.505 e. The van der Waals surface area contributed by atoms with Crippen molar-refractivity contribution >= 4 is 17.1 Å². The first-order valence-corrected chi connectivity index (χ1v) is 6.92. The second-order valence-corrected chi connectivity index (χ2v) is 5.24. The van der Waals surface area contributed by atoms with E-state index in [4.69, 9.17) is 11.6 Å². The van der Waals surface area contributed by atoms with Crippen molar-refractivity contribution in [2.24, 2.45) is 11.6 Å². The summed E-state index contributed by atoms with van der Waals surface area (Å²) in [7, 11) is 0. The summed E-state index contributed by atoms with van der Waals surface area (Å²) >= 11 is 0. The number of aromatic hydroxyl groups is 1. The molecule has 2 aromatic carbocycles. The van der Waals surface area contributed by atoms with E-state index in [0.29, 0.717) is 22.3 Å². The van der Waals surface area contributed by atoms with Crippen molar-refractivity contribution < 1.29 is 9.90 Å². The van der Waals surface area contributed by atoms with Crippen LogP contribution in [0.3, 0.4) is 0 Å². The van der Waals surface area contributed by atoms with Gasteiger partial charge in [-0.3, -0.25) is 5.01 Å². The van der Waals surface area contributed by atoms with Crippen LogP contribution in [0.2, 0.25) is 0 Å². The fourth-order valence-corrected chi connectivity index (χ4v) is 2.34. The zero-order valence-corrected chi connectivity index (χ0v) is 12.5. The van der Waals surface area contributed by atoms with Crippen molar-refractivity contribution in [1.82, 2.24) is 20.0 Å². The SMILES string of the molecule is Cc1cc(CN(N)C(N)=O)c(O)c(-n2nc3ccccc3n2)c1. The number of aromatic nitrogens is 3. The molecular formula is C15H16N6O2. The third-order valence-corrected chi connectivity index (χ3v) is 3.44. The minimum absolute atomic E-state index is 0.0172. The van der Waals surface area contributed by atoms with Gasteiger partial charge in [-0.15, -0.1) is 15.0 Å². The van der Waals surface area contributed by atoms with Crippen molar-refractivity contribution in [1.29, 1.82) is 0 Å². The molecular weight excluding hydrogens is 296 g/mol. The number of hydrogen-bond donors (Lipinski definition) is 3. The fourth-order valence-electron chi connectivity index (χ4n) is 2.34. The number of hydrogen-bond acceptors (Lipinski definition) is 5. The molecule has 0 aliphatic carbocycles. The van der Waals surface area contributed by atoms with Gasteiger partial charge in [0.25, 0.3) is 0 Å². The number of phenolic OH excluding ortho intramolecular Hbond substituents is 1. The zero-order valence-electron chi connectivity index (χ0n) is 12.5. The molecule has 0 atom stereocenters. The zero-order chi connectivity index (χ0) is 16.6. The number of urea groups is 1. The van der Waals surface area contributed by atoms with E-state index < -0.39 is 6.03 Å². The van der Waals surface area contributed by atoms with Gasteiger partial charge in [-0.05, 0) is 30.7 Å². The molecule has 0 radical (unpaired) electrons. The quantitative estimate of drug-likeness (QED) is 0.381. The Morgan fingerprint density at radius 3 is 2.43 bits per heavy atom. The van der Waals surface area contributed by atoms with Gasteiger partial charge in [0, 0.05) is 5.56 Å². The number of hydrazine groups is 1. The van der Waals surface area contributed by atoms with Gasteiger partial charge < -0.3 is 10.8 Å². The Balaban J connectivity index is 2.08. The first-order chi connectivity index (χ1) is 11.0. The topological polar surface area (TPSA) is 123 Å². The van der Waals surface area contributed by atoms with Crippen LogP contribution in [0.4, 0.5) is 4.79 Å². The number of amides is 2. The largest absolute Gasteiger partial charge is 0.505 e. The molecule has 3 aromatic rings. The first-order valence-electron chi connectivity index (χ1n) is 6.92. The monoisotopic (exact) mass is 312 g/mol. The lowest BCUT2D eigenvalue weighted by molar-refractivity contribution is 0.205. The number of phenols is 1. The molecule has 0 aliphatic heterocycles. The predicted octanol–water partition coefficient (Wildman–Crippen LogP) is 1.19. The summed E-state index contributed by atoms with van der Waals surface area (Å²) < 4.78 is 0. The predicted molar refractivity (Wildman–Crippen MR) is 84.6 cm³/mol. The lowest BCUT2D eigenvalue weighted by Gasteiger charge is -2.16. The van der Waals surface area contributed by atoms with Crippen molar-refractivity contribution in [2.75, 3.05) is 0 Å². The molecule has 2 amide bonds. The molecule has 5 N–H and O–H groups in total. The number of nitrogens with two attached hydrogens (primary N) is 2. The maximum Gasteiger partial charge on any atom is 0.329 e. The summed E-state index contributed by atoms with van der Waals surface area (Å²) in [6.45, 7) is 1.84. The maximum atomic E-state index is 11.1. The summed E-state index contributed by atoms with van der Waals surface area (Å²) in [4.78, 5) is 12.4. The lowest BCUT2D eigenvalue weighted by Crippen LogP contribution is -2.40. The number of fused-ring (bicyclic) bond motifs is 1. The molecule has 118 valence electrons. The van der Waals surface area contributed by atoms with E-state index in [1.54, 1.807) is 12.1 Å². The van der Waals surface area contributed by atoms with Crippen molar-refractivity contribution in [3.63, 3.8) is 0 Å². The van der Waals surface area contributed by atoms with E-state index in [-0.39, 0.29) is 12.3 Å². The van der Waals surface area contributed by atoms with E-state index in [9.17, 15) is 9.90 Å². The molecule has 0 bridgehead atoms. The van der Waals surface area contributed by atoms with Crippen LogP contribution in [-0.4, -0.2) is 31.1 Å². The van der Waals surface area contributed by atoms with Gasteiger partial charge in [0.1, 0.15) is 22.5 Å². The molecule has 8 heteroatoms. The highest BCUT2D eigenvalue weighted by molar-refractivity contribution is 5.74. The highest BCUT2D eigenvalue weighted by atomic mass is 16.3. The van der Waals surface area contributed by atoms with Crippen LogP contribution in [0.1, 0.15) is 11.1 Å². The van der Waals surface area contributed by atoms with Crippen LogP contribution in [0, 0.1) is 6.92 Å². The van der Waals surface area contributed by atoms with Gasteiger partial charge in [0.15, 0.2) is 0 Å². The van der Waals surface area contributed by atoms with Crippen molar-refractivity contribution in [2.45, 2.75) is 13.5 Å². The maximum absolute atomic E-state index is 11.1. The third-order valence-electron chi connectivity index (χ3n) is 3.44. The Bertz CT molecular complexity index is 856. The Labute approximate surface area is 131 Å². The molecule has 3 rings (SSSR count). The third kappa shape index (κ3) is 2.79. The highest BCUT2D eigenvalue weighted by Crippen LogP contribution is 2.28. The van der Waals surface area contributed by atoms with Crippen molar-refractivity contribution in [3.05, 3.63) is 47.5 Å². The summed E-state index contributed by atoms with van der Waals surface area (Å²) in [5, 5.41) is 20.0. The minimum atomic E-state index is -0.782. The highest BCUT2D eigenvalue weighted by Gasteiger charge is 2.16. The number of carbonyl (C=O) groups excluding carboxylic acids is 1. The molecule has 0 saturated carbocycles. The molecule has 1 heterocycles. The van der Waals surface area contributed by atoms with Gasteiger partial charge in [-0.25, -0.2) is 10.6 Å². The van der Waals surface area contributed by atoms with E-state index >= 15 is 0 Å². The molecule has 0 spiro atoms. The number of nitrogens with zero attached hydrogens (tertiary/aromatic N) is 4. The average Bonchev–Trinajstić information content (AvgIpc) is 2.94. The van der Waals surface area contributed by atoms with E-state index in [1.165, 1.54) is 4.80 Å². The van der Waals surface area contributed by atoms with Crippen LogP contribution >= 0.6 is 0 Å². The molecule has 0 fully saturated rings. The molecule has 0 unspecified atom stereocenters. The first kappa shape index (κ1) is 14.8. The number of rotatable bonds is 3. The Morgan fingerprint density at radius 1 is 1.26 bits per heavy atom. The lowest BCUT2D eigenvalue weighted by atomic mass is 10.1. The van der Waals surface area contributed by atoms with Crippen LogP contribution in [0.25, 0.3) is 16.7 Å². The second-order valence-electron chi connectivity index (χ2n) is 5.24. The number of benzene rings is 2. The molecule has 0 saturated heterocycles. The van der Waals surface area contributed by atoms with E-state index in [1.807, 2.05) is 31.2 Å². The van der Waals surface area contributed by atoms with Gasteiger partial charge in [0.05, 0.1) is 6.54 Å². The molecule has 23 heavy (non-hydrogen) atoms. The fraction of sp³-hybridized carbons (Fsp3) is 0.133. The summed E-state index contributed by atoms with van der Waals surface area (Å²) in [6.07, 6.45) is 0. The number of carbonyl (C=O) groups is 1. The van der Waals surface area contributed by atoms with Gasteiger partial charge in [-0.1, -0.05) is 18.2 Å². The van der Waals surface area contributed by atoms with Gasteiger partial charge in [0.2, 0.25) is 0 Å². The number of aryl methyl sites for hydroxylation is 1. The smallest absolute Gasteiger partial charge is 0.329 e. The Morgan fingerprint density at radius 2 is 1.87 bits per heavy atom. The molecule has 0 aliphatic rings. The molecule has 8 nitrogen and oxygen atoms in total. The van der Waals surface area contributed by atoms with Crippen LogP contribution in [0.15, 0.2) is 36.4 Å². The normalized spacial score (nSPS) is 10.9. The van der Waals surface area contributed by atoms with Crippen molar-refractivity contribution in [3.8, 4) is 11.4 Å². The molecule has 1 aromatic heterocycles. The summed E-state index contributed by atoms with van der Waals surface area (Å²) in [5.41, 5.74) is 8.29. The number of primary amides is 1. The summed E-state index contributed by atoms with van der Waals surface area (Å²) in [5.74, 6) is 5.48. The van der Waals surface area contributed by atoms with Gasteiger partial charge in [-0.2, -0.15) is 0 Å². The standard InChI is InChI=1S/C15H16N6O2/c1-9-6-10(8-20(17)15(16)23)14(22)13(7-9)21-18-11-4-2-3-5-12(11)19-21/h2-7,22H,8,17H2,1H3,(H2,16,23). The summed E-state index contributed by atoms with van der Waals surface area (Å²) in [6, 6.07) is 10.1. The van der Waals surface area contributed by atoms with Gasteiger partial charge >= 0.3 is 6.03 Å². The second kappa shape index (κ2) is 5.58. The van der Waals surface area contributed by atoms with E-state index in [0.717, 1.165) is 10.6 Å². The van der Waals surface area contributed by atoms with Crippen LogP contribution < -0.4 is 11.6 Å².